The second-order valence-corrected chi connectivity index (χ2v) is 5.23. The molecule has 19 heavy (non-hydrogen) atoms. The molecule has 0 radical (unpaired) electrons. The van der Waals surface area contributed by atoms with Crippen LogP contribution >= 0.6 is 0 Å². The summed E-state index contributed by atoms with van der Waals surface area (Å²) < 4.78 is 8.38. The summed E-state index contributed by atoms with van der Waals surface area (Å²) >= 11 is 0. The third-order valence-corrected chi connectivity index (χ3v) is 4.06. The SMILES string of the molecule is c1ccc2c(c1)c1ccccc1n2C1CCCCO1. The maximum atomic E-state index is 6.00. The first-order chi connectivity index (χ1) is 9.45. The number of para-hydroxylation sites is 2. The van der Waals surface area contributed by atoms with Crippen LogP contribution in [0.25, 0.3) is 21.8 Å². The van der Waals surface area contributed by atoms with Gasteiger partial charge in [-0.15, -0.1) is 0 Å². The lowest BCUT2D eigenvalue weighted by atomic mass is 10.2. The molecule has 0 spiro atoms. The van der Waals surface area contributed by atoms with Crippen LogP contribution in [0.2, 0.25) is 0 Å². The minimum Gasteiger partial charge on any atom is -0.358 e. The van der Waals surface area contributed by atoms with Crippen LogP contribution in [-0.2, 0) is 4.74 Å². The zero-order valence-electron chi connectivity index (χ0n) is 10.9. The molecule has 1 atom stereocenters. The number of hydrogen-bond donors (Lipinski definition) is 0. The molecule has 0 aliphatic carbocycles. The molecule has 2 aromatic carbocycles. The summed E-state index contributed by atoms with van der Waals surface area (Å²) in [6, 6.07) is 17.3. The first-order valence-electron chi connectivity index (χ1n) is 7.04. The van der Waals surface area contributed by atoms with Crippen molar-refractivity contribution in [3.05, 3.63) is 48.5 Å². The van der Waals surface area contributed by atoms with Gasteiger partial charge in [-0.1, -0.05) is 36.4 Å². The van der Waals surface area contributed by atoms with E-state index in [0.29, 0.717) is 0 Å². The highest BCUT2D eigenvalue weighted by molar-refractivity contribution is 6.08. The van der Waals surface area contributed by atoms with Crippen molar-refractivity contribution in [2.24, 2.45) is 0 Å². The Morgan fingerprint density at radius 3 is 2.05 bits per heavy atom. The molecule has 0 bridgehead atoms. The fraction of sp³-hybridized carbons (Fsp3) is 0.294. The number of ether oxygens (including phenoxy) is 1. The number of rotatable bonds is 1. The van der Waals surface area contributed by atoms with Gasteiger partial charge in [-0.2, -0.15) is 0 Å². The van der Waals surface area contributed by atoms with Crippen molar-refractivity contribution in [3.63, 3.8) is 0 Å². The summed E-state index contributed by atoms with van der Waals surface area (Å²) in [4.78, 5) is 0. The van der Waals surface area contributed by atoms with E-state index in [1.54, 1.807) is 0 Å². The van der Waals surface area contributed by atoms with Crippen LogP contribution in [0.5, 0.6) is 0 Å². The molecule has 2 heteroatoms. The van der Waals surface area contributed by atoms with Crippen molar-refractivity contribution in [2.75, 3.05) is 6.61 Å². The van der Waals surface area contributed by atoms with E-state index in [-0.39, 0.29) is 6.23 Å². The molecule has 2 nitrogen and oxygen atoms in total. The minimum absolute atomic E-state index is 0.193. The standard InChI is InChI=1S/C17H17NO/c1-3-9-15-13(7-1)14-8-2-4-10-16(14)18(15)17-11-5-6-12-19-17/h1-4,7-10,17H,5-6,11-12H2. The van der Waals surface area contributed by atoms with Crippen LogP contribution in [0.1, 0.15) is 25.5 Å². The van der Waals surface area contributed by atoms with Crippen LogP contribution in [0.4, 0.5) is 0 Å². The third kappa shape index (κ3) is 1.67. The number of nitrogens with zero attached hydrogens (tertiary/aromatic N) is 1. The third-order valence-electron chi connectivity index (χ3n) is 4.06. The topological polar surface area (TPSA) is 14.2 Å². The van der Waals surface area contributed by atoms with Crippen LogP contribution in [0.3, 0.4) is 0 Å². The number of benzene rings is 2. The number of fused-ring (bicyclic) bond motifs is 3. The largest absolute Gasteiger partial charge is 0.358 e. The second kappa shape index (κ2) is 4.39. The maximum Gasteiger partial charge on any atom is 0.134 e. The average molecular weight is 251 g/mol. The summed E-state index contributed by atoms with van der Waals surface area (Å²) in [7, 11) is 0. The highest BCUT2D eigenvalue weighted by Gasteiger charge is 2.20. The Morgan fingerprint density at radius 2 is 1.47 bits per heavy atom. The van der Waals surface area contributed by atoms with Gasteiger partial charge >= 0.3 is 0 Å². The van der Waals surface area contributed by atoms with Gasteiger partial charge in [0.2, 0.25) is 0 Å². The summed E-state index contributed by atoms with van der Waals surface area (Å²) in [6.45, 7) is 0.880. The van der Waals surface area contributed by atoms with Crippen molar-refractivity contribution >= 4 is 21.8 Å². The Bertz CT molecular complexity index is 669. The predicted octanol–water partition coefficient (Wildman–Crippen LogP) is 4.49. The van der Waals surface area contributed by atoms with Crippen molar-refractivity contribution in [2.45, 2.75) is 25.5 Å². The molecule has 1 unspecified atom stereocenters. The lowest BCUT2D eigenvalue weighted by Crippen LogP contribution is -2.17. The molecule has 0 N–H and O–H groups in total. The van der Waals surface area contributed by atoms with Gasteiger partial charge in [0.25, 0.3) is 0 Å². The Labute approximate surface area is 112 Å². The van der Waals surface area contributed by atoms with Gasteiger partial charge in [0.05, 0.1) is 11.0 Å². The van der Waals surface area contributed by atoms with Crippen molar-refractivity contribution in [1.29, 1.82) is 0 Å². The molecular formula is C17H17NO. The smallest absolute Gasteiger partial charge is 0.134 e. The van der Waals surface area contributed by atoms with Crippen LogP contribution in [-0.4, -0.2) is 11.2 Å². The molecule has 0 amide bonds. The lowest BCUT2D eigenvalue weighted by Gasteiger charge is -2.25. The Balaban J connectivity index is 2.04. The summed E-state index contributed by atoms with van der Waals surface area (Å²) in [6.07, 6.45) is 3.75. The zero-order chi connectivity index (χ0) is 12.7. The molecule has 96 valence electrons. The normalized spacial score (nSPS) is 20.1. The second-order valence-electron chi connectivity index (χ2n) is 5.23. The molecule has 1 aliphatic heterocycles. The fourth-order valence-electron chi connectivity index (χ4n) is 3.19. The predicted molar refractivity (Wildman–Crippen MR) is 78.3 cm³/mol. The van der Waals surface area contributed by atoms with Gasteiger partial charge in [-0.05, 0) is 31.4 Å². The molecular weight excluding hydrogens is 234 g/mol. The van der Waals surface area contributed by atoms with Crippen molar-refractivity contribution < 1.29 is 4.74 Å². The molecule has 2 heterocycles. The van der Waals surface area contributed by atoms with Gasteiger partial charge < -0.3 is 9.30 Å². The van der Waals surface area contributed by atoms with Crippen molar-refractivity contribution in [3.8, 4) is 0 Å². The van der Waals surface area contributed by atoms with E-state index in [1.807, 2.05) is 0 Å². The summed E-state index contributed by atoms with van der Waals surface area (Å²) in [5.74, 6) is 0. The molecule has 0 saturated carbocycles. The van der Waals surface area contributed by atoms with Gasteiger partial charge in [0.1, 0.15) is 6.23 Å². The van der Waals surface area contributed by atoms with Gasteiger partial charge in [0.15, 0.2) is 0 Å². The summed E-state index contributed by atoms with van der Waals surface area (Å²) in [5.41, 5.74) is 2.58. The monoisotopic (exact) mass is 251 g/mol. The van der Waals surface area contributed by atoms with E-state index in [1.165, 1.54) is 34.6 Å². The molecule has 1 aliphatic rings. The lowest BCUT2D eigenvalue weighted by molar-refractivity contribution is -0.0267. The number of aromatic nitrogens is 1. The van der Waals surface area contributed by atoms with Gasteiger partial charge in [0, 0.05) is 17.4 Å². The Morgan fingerprint density at radius 1 is 0.842 bits per heavy atom. The highest BCUT2D eigenvalue weighted by Crippen LogP contribution is 2.34. The Hall–Kier alpha value is -1.80. The van der Waals surface area contributed by atoms with Crippen LogP contribution in [0.15, 0.2) is 48.5 Å². The minimum atomic E-state index is 0.193. The first-order valence-corrected chi connectivity index (χ1v) is 7.04. The molecule has 1 saturated heterocycles. The molecule has 1 aromatic heterocycles. The molecule has 4 rings (SSSR count). The maximum absolute atomic E-state index is 6.00. The van der Waals surface area contributed by atoms with E-state index < -0.39 is 0 Å². The zero-order valence-corrected chi connectivity index (χ0v) is 10.9. The average Bonchev–Trinajstić information content (AvgIpc) is 2.83. The summed E-state index contributed by atoms with van der Waals surface area (Å²) in [5, 5.41) is 2.65. The van der Waals surface area contributed by atoms with Crippen LogP contribution < -0.4 is 0 Å². The van der Waals surface area contributed by atoms with Gasteiger partial charge in [-0.3, -0.25) is 0 Å². The van der Waals surface area contributed by atoms with E-state index in [9.17, 15) is 0 Å². The molecule has 3 aromatic rings. The van der Waals surface area contributed by atoms with E-state index in [0.717, 1.165) is 13.0 Å². The van der Waals surface area contributed by atoms with E-state index >= 15 is 0 Å². The number of hydrogen-bond acceptors (Lipinski definition) is 1. The van der Waals surface area contributed by atoms with Crippen molar-refractivity contribution in [1.82, 2.24) is 4.57 Å². The molecule has 1 fully saturated rings. The fourth-order valence-corrected chi connectivity index (χ4v) is 3.19. The first kappa shape index (κ1) is 11.1. The highest BCUT2D eigenvalue weighted by atomic mass is 16.5. The van der Waals surface area contributed by atoms with Crippen LogP contribution in [0, 0.1) is 0 Å². The Kier molecular flexibility index (Phi) is 2.56. The van der Waals surface area contributed by atoms with E-state index in [2.05, 4.69) is 53.1 Å². The quantitative estimate of drug-likeness (QED) is 0.621. The van der Waals surface area contributed by atoms with Gasteiger partial charge in [-0.25, -0.2) is 0 Å². The van der Waals surface area contributed by atoms with E-state index in [4.69, 9.17) is 4.74 Å².